The van der Waals surface area contributed by atoms with E-state index in [1.807, 2.05) is 6.07 Å². The van der Waals surface area contributed by atoms with Gasteiger partial charge in [-0.15, -0.1) is 0 Å². The second-order valence-electron chi connectivity index (χ2n) is 3.72. The van der Waals surface area contributed by atoms with Gasteiger partial charge in [0.25, 0.3) is 0 Å². The van der Waals surface area contributed by atoms with E-state index < -0.39 is 5.97 Å². The lowest BCUT2D eigenvalue weighted by molar-refractivity contribution is 0.0519. The van der Waals surface area contributed by atoms with Gasteiger partial charge in [0, 0.05) is 21.5 Å². The molecule has 0 radical (unpaired) electrons. The van der Waals surface area contributed by atoms with E-state index in [4.69, 9.17) is 21.6 Å². The van der Waals surface area contributed by atoms with Gasteiger partial charge in [-0.1, -0.05) is 11.6 Å². The Morgan fingerprint density at radius 3 is 3.00 bits per heavy atom. The van der Waals surface area contributed by atoms with Crippen molar-refractivity contribution in [1.82, 2.24) is 4.98 Å². The summed E-state index contributed by atoms with van der Waals surface area (Å²) in [5.41, 5.74) is 1.73. The number of aromatic nitrogens is 1. The first kappa shape index (κ1) is 12.5. The Hall–Kier alpha value is -1.99. The summed E-state index contributed by atoms with van der Waals surface area (Å²) in [5, 5.41) is 10.2. The molecule has 1 N–H and O–H groups in total. The first-order valence-corrected chi connectivity index (χ1v) is 5.89. The van der Waals surface area contributed by atoms with Crippen LogP contribution in [0.4, 0.5) is 0 Å². The third kappa shape index (κ3) is 2.18. The van der Waals surface area contributed by atoms with Gasteiger partial charge in [-0.3, -0.25) is 0 Å². The summed E-state index contributed by atoms with van der Waals surface area (Å²) in [6.07, 6.45) is 0.133. The van der Waals surface area contributed by atoms with Crippen LogP contribution >= 0.6 is 11.6 Å². The van der Waals surface area contributed by atoms with Gasteiger partial charge in [0.15, 0.2) is 0 Å². The van der Waals surface area contributed by atoms with E-state index in [2.05, 4.69) is 4.98 Å². The van der Waals surface area contributed by atoms with Gasteiger partial charge < -0.3 is 9.72 Å². The zero-order valence-corrected chi connectivity index (χ0v) is 10.5. The molecule has 5 heteroatoms. The number of nitriles is 1. The van der Waals surface area contributed by atoms with Crippen LogP contribution in [0.15, 0.2) is 18.2 Å². The molecule has 92 valence electrons. The minimum absolute atomic E-state index is 0.133. The normalized spacial score (nSPS) is 10.3. The highest BCUT2D eigenvalue weighted by Crippen LogP contribution is 2.26. The Morgan fingerprint density at radius 2 is 2.33 bits per heavy atom. The quantitative estimate of drug-likeness (QED) is 0.865. The van der Waals surface area contributed by atoms with Crippen molar-refractivity contribution in [3.8, 4) is 6.07 Å². The number of fused-ring (bicyclic) bond motifs is 1. The van der Waals surface area contributed by atoms with Crippen LogP contribution in [-0.4, -0.2) is 17.6 Å². The van der Waals surface area contributed by atoms with E-state index >= 15 is 0 Å². The molecule has 0 saturated carbocycles. The molecule has 1 heterocycles. The second-order valence-corrected chi connectivity index (χ2v) is 4.16. The van der Waals surface area contributed by atoms with Gasteiger partial charge in [0.2, 0.25) is 0 Å². The lowest BCUT2D eigenvalue weighted by Crippen LogP contribution is -2.07. The number of nitrogens with one attached hydrogen (secondary N) is 1. The highest BCUT2D eigenvalue weighted by molar-refractivity contribution is 6.31. The van der Waals surface area contributed by atoms with E-state index in [9.17, 15) is 4.79 Å². The van der Waals surface area contributed by atoms with E-state index in [0.717, 1.165) is 10.9 Å². The number of ether oxygens (including phenoxy) is 1. The Morgan fingerprint density at radius 1 is 1.56 bits per heavy atom. The summed E-state index contributed by atoms with van der Waals surface area (Å²) in [5.74, 6) is -0.449. The Kier molecular flexibility index (Phi) is 3.54. The summed E-state index contributed by atoms with van der Waals surface area (Å²) >= 11 is 5.93. The smallest absolute Gasteiger partial charge is 0.355 e. The number of halogens is 1. The minimum Gasteiger partial charge on any atom is -0.461 e. The number of benzene rings is 1. The predicted molar refractivity (Wildman–Crippen MR) is 68.6 cm³/mol. The van der Waals surface area contributed by atoms with Gasteiger partial charge in [0.05, 0.1) is 19.1 Å². The first-order valence-electron chi connectivity index (χ1n) is 5.51. The molecular formula is C13H11ClN2O2. The standard InChI is InChI=1S/C13H11ClN2O2/c1-2-18-13(17)12-9(5-6-15)10-7-8(14)3-4-11(10)16-12/h3-4,7,16H,2,5H2,1H3. The zero-order chi connectivity index (χ0) is 13.1. The monoisotopic (exact) mass is 262 g/mol. The molecule has 1 aromatic carbocycles. The maximum Gasteiger partial charge on any atom is 0.355 e. The fourth-order valence-electron chi connectivity index (χ4n) is 1.86. The highest BCUT2D eigenvalue weighted by atomic mass is 35.5. The van der Waals surface area contributed by atoms with Crippen LogP contribution in [-0.2, 0) is 11.2 Å². The molecule has 4 nitrogen and oxygen atoms in total. The van der Waals surface area contributed by atoms with Crippen LogP contribution in [0, 0.1) is 11.3 Å². The molecule has 2 aromatic rings. The lowest BCUT2D eigenvalue weighted by Gasteiger charge is -2.01. The number of nitrogens with zero attached hydrogens (tertiary/aromatic N) is 1. The lowest BCUT2D eigenvalue weighted by atomic mass is 10.1. The number of hydrogen-bond donors (Lipinski definition) is 1. The summed E-state index contributed by atoms with van der Waals surface area (Å²) in [6, 6.07) is 7.29. The highest BCUT2D eigenvalue weighted by Gasteiger charge is 2.18. The number of hydrogen-bond acceptors (Lipinski definition) is 3. The van der Waals surface area contributed by atoms with Gasteiger partial charge in [-0.05, 0) is 25.1 Å². The largest absolute Gasteiger partial charge is 0.461 e. The first-order chi connectivity index (χ1) is 8.67. The zero-order valence-electron chi connectivity index (χ0n) is 9.79. The molecule has 0 spiro atoms. The van der Waals surface area contributed by atoms with E-state index in [1.165, 1.54) is 0 Å². The van der Waals surface area contributed by atoms with Crippen LogP contribution in [0.1, 0.15) is 23.0 Å². The molecule has 0 aliphatic heterocycles. The van der Waals surface area contributed by atoms with Crippen molar-refractivity contribution in [2.75, 3.05) is 6.61 Å². The molecule has 0 amide bonds. The van der Waals surface area contributed by atoms with Gasteiger partial charge in [-0.25, -0.2) is 4.79 Å². The van der Waals surface area contributed by atoms with Crippen LogP contribution in [0.25, 0.3) is 10.9 Å². The van der Waals surface area contributed by atoms with Crippen LogP contribution < -0.4 is 0 Å². The summed E-state index contributed by atoms with van der Waals surface area (Å²) in [4.78, 5) is 14.8. The molecule has 0 aliphatic rings. The average Bonchev–Trinajstić information content (AvgIpc) is 2.69. The predicted octanol–water partition coefficient (Wildman–Crippen LogP) is 3.06. The number of H-pyrrole nitrogens is 1. The molecular weight excluding hydrogens is 252 g/mol. The molecule has 0 fully saturated rings. The molecule has 0 saturated heterocycles. The molecule has 0 unspecified atom stereocenters. The maximum atomic E-state index is 11.8. The Bertz CT molecular complexity index is 640. The summed E-state index contributed by atoms with van der Waals surface area (Å²) in [7, 11) is 0. The topological polar surface area (TPSA) is 65.9 Å². The summed E-state index contributed by atoms with van der Waals surface area (Å²) in [6.45, 7) is 2.03. The maximum absolute atomic E-state index is 11.8. The average molecular weight is 263 g/mol. The van der Waals surface area contributed by atoms with Crippen molar-refractivity contribution in [1.29, 1.82) is 5.26 Å². The second kappa shape index (κ2) is 5.11. The molecule has 18 heavy (non-hydrogen) atoms. The van der Waals surface area contributed by atoms with Crippen molar-refractivity contribution in [2.24, 2.45) is 0 Å². The number of esters is 1. The number of carbonyl (C=O) groups is 1. The summed E-state index contributed by atoms with van der Waals surface area (Å²) < 4.78 is 4.96. The minimum atomic E-state index is -0.449. The van der Waals surface area contributed by atoms with Crippen LogP contribution in [0.5, 0.6) is 0 Å². The van der Waals surface area contributed by atoms with Crippen molar-refractivity contribution in [3.05, 3.63) is 34.5 Å². The molecule has 0 atom stereocenters. The molecule has 0 aliphatic carbocycles. The molecule has 2 rings (SSSR count). The fourth-order valence-corrected chi connectivity index (χ4v) is 2.03. The van der Waals surface area contributed by atoms with Crippen LogP contribution in [0.3, 0.4) is 0 Å². The van der Waals surface area contributed by atoms with E-state index in [-0.39, 0.29) is 6.42 Å². The van der Waals surface area contributed by atoms with Gasteiger partial charge >= 0.3 is 5.97 Å². The van der Waals surface area contributed by atoms with Gasteiger partial charge in [-0.2, -0.15) is 5.26 Å². The third-order valence-electron chi connectivity index (χ3n) is 2.60. The SMILES string of the molecule is CCOC(=O)c1[nH]c2ccc(Cl)cc2c1CC#N. The third-order valence-corrected chi connectivity index (χ3v) is 2.84. The Balaban J connectivity index is 2.62. The molecule has 1 aromatic heterocycles. The number of rotatable bonds is 3. The van der Waals surface area contributed by atoms with Crippen molar-refractivity contribution >= 4 is 28.5 Å². The number of carbonyl (C=O) groups excluding carboxylic acids is 1. The van der Waals surface area contributed by atoms with Crippen molar-refractivity contribution in [3.63, 3.8) is 0 Å². The van der Waals surface area contributed by atoms with Crippen molar-refractivity contribution < 1.29 is 9.53 Å². The van der Waals surface area contributed by atoms with E-state index in [0.29, 0.717) is 22.9 Å². The van der Waals surface area contributed by atoms with Crippen LogP contribution in [0.2, 0.25) is 5.02 Å². The van der Waals surface area contributed by atoms with Gasteiger partial charge in [0.1, 0.15) is 5.69 Å². The van der Waals surface area contributed by atoms with E-state index in [1.54, 1.807) is 25.1 Å². The Labute approximate surface area is 109 Å². The molecule has 0 bridgehead atoms. The van der Waals surface area contributed by atoms with Crippen molar-refractivity contribution in [2.45, 2.75) is 13.3 Å². The fraction of sp³-hybridized carbons (Fsp3) is 0.231. The number of aromatic amines is 1.